The van der Waals surface area contributed by atoms with Gasteiger partial charge in [-0.05, 0) is 18.2 Å². The molecule has 1 atom stereocenters. The van der Waals surface area contributed by atoms with Crippen LogP contribution in [0.5, 0.6) is 0 Å². The molecule has 0 spiro atoms. The molecule has 0 aliphatic rings. The van der Waals surface area contributed by atoms with Gasteiger partial charge in [0.15, 0.2) is 0 Å². The van der Waals surface area contributed by atoms with Crippen LogP contribution in [-0.4, -0.2) is 14.7 Å². The number of rotatable bonds is 3. The molecule has 118 valence electrons. The van der Waals surface area contributed by atoms with Crippen LogP contribution < -0.4 is 5.56 Å². The molecule has 0 saturated carbocycles. The zero-order chi connectivity index (χ0) is 16.6. The fourth-order valence-corrected chi connectivity index (χ4v) is 2.32. The second-order valence-corrected chi connectivity index (χ2v) is 5.05. The van der Waals surface area contributed by atoms with E-state index in [0.717, 1.165) is 35.2 Å². The number of aliphatic hydroxyl groups excluding tert-OH is 1. The van der Waals surface area contributed by atoms with Gasteiger partial charge in [0.05, 0.1) is 29.9 Å². The maximum Gasteiger partial charge on any atom is 0.261 e. The van der Waals surface area contributed by atoms with Crippen LogP contribution in [-0.2, 0) is 6.54 Å². The number of hydrogen-bond acceptors (Lipinski definition) is 3. The SMILES string of the molecule is O=c1c2ccc(F)cc2ncn1CC(O)c1ccc(F)cc1F. The number of aromatic nitrogens is 2. The Kier molecular flexibility index (Phi) is 3.87. The monoisotopic (exact) mass is 320 g/mol. The van der Waals surface area contributed by atoms with E-state index in [4.69, 9.17) is 0 Å². The molecular formula is C16H11F3N2O2. The van der Waals surface area contributed by atoms with Gasteiger partial charge in [0, 0.05) is 17.7 Å². The van der Waals surface area contributed by atoms with E-state index in [9.17, 15) is 23.1 Å². The van der Waals surface area contributed by atoms with E-state index in [0.29, 0.717) is 6.07 Å². The van der Waals surface area contributed by atoms with Gasteiger partial charge in [-0.2, -0.15) is 0 Å². The molecule has 0 amide bonds. The van der Waals surface area contributed by atoms with Crippen LogP contribution >= 0.6 is 0 Å². The first-order valence-electron chi connectivity index (χ1n) is 6.73. The molecule has 23 heavy (non-hydrogen) atoms. The number of halogens is 3. The van der Waals surface area contributed by atoms with Crippen LogP contribution in [0, 0.1) is 17.5 Å². The Labute approximate surface area is 128 Å². The summed E-state index contributed by atoms with van der Waals surface area (Å²) in [6, 6.07) is 6.34. The Morgan fingerprint density at radius 2 is 1.78 bits per heavy atom. The van der Waals surface area contributed by atoms with Gasteiger partial charge in [-0.3, -0.25) is 9.36 Å². The average molecular weight is 320 g/mol. The lowest BCUT2D eigenvalue weighted by Gasteiger charge is -2.14. The maximum atomic E-state index is 13.7. The van der Waals surface area contributed by atoms with Crippen molar-refractivity contribution in [3.8, 4) is 0 Å². The molecule has 1 N–H and O–H groups in total. The molecule has 0 fully saturated rings. The molecule has 4 nitrogen and oxygen atoms in total. The summed E-state index contributed by atoms with van der Waals surface area (Å²) in [5, 5.41) is 10.3. The van der Waals surface area contributed by atoms with Gasteiger partial charge in [-0.15, -0.1) is 0 Å². The molecule has 0 radical (unpaired) electrons. The third-order valence-electron chi connectivity index (χ3n) is 3.48. The molecule has 0 bridgehead atoms. The van der Waals surface area contributed by atoms with E-state index in [1.165, 1.54) is 6.07 Å². The van der Waals surface area contributed by atoms with Crippen LogP contribution in [0.15, 0.2) is 47.5 Å². The molecule has 7 heteroatoms. The van der Waals surface area contributed by atoms with E-state index in [-0.39, 0.29) is 23.0 Å². The molecule has 1 aromatic heterocycles. The topological polar surface area (TPSA) is 55.1 Å². The highest BCUT2D eigenvalue weighted by Crippen LogP contribution is 2.19. The highest BCUT2D eigenvalue weighted by Gasteiger charge is 2.16. The van der Waals surface area contributed by atoms with Crippen LogP contribution in [0.25, 0.3) is 10.9 Å². The van der Waals surface area contributed by atoms with Gasteiger partial charge < -0.3 is 5.11 Å². The molecule has 2 aromatic carbocycles. The lowest BCUT2D eigenvalue weighted by Crippen LogP contribution is -2.24. The van der Waals surface area contributed by atoms with Crippen molar-refractivity contribution in [1.82, 2.24) is 9.55 Å². The molecule has 3 aromatic rings. The summed E-state index contributed by atoms with van der Waals surface area (Å²) in [6.07, 6.45) is -0.206. The summed E-state index contributed by atoms with van der Waals surface area (Å²) in [7, 11) is 0. The zero-order valence-electron chi connectivity index (χ0n) is 11.7. The van der Waals surface area contributed by atoms with E-state index in [1.807, 2.05) is 0 Å². The third-order valence-corrected chi connectivity index (χ3v) is 3.48. The largest absolute Gasteiger partial charge is 0.386 e. The van der Waals surface area contributed by atoms with Gasteiger partial charge in [0.25, 0.3) is 5.56 Å². The van der Waals surface area contributed by atoms with Gasteiger partial charge in [0.1, 0.15) is 17.5 Å². The first-order valence-corrected chi connectivity index (χ1v) is 6.73. The van der Waals surface area contributed by atoms with Gasteiger partial charge >= 0.3 is 0 Å². The lowest BCUT2D eigenvalue weighted by atomic mass is 10.1. The lowest BCUT2D eigenvalue weighted by molar-refractivity contribution is 0.150. The second kappa shape index (κ2) is 5.85. The third kappa shape index (κ3) is 2.95. The average Bonchev–Trinajstić information content (AvgIpc) is 2.50. The van der Waals surface area contributed by atoms with Crippen molar-refractivity contribution in [3.63, 3.8) is 0 Å². The summed E-state index contributed by atoms with van der Waals surface area (Å²) in [5.74, 6) is -2.18. The number of fused-ring (bicyclic) bond motifs is 1. The van der Waals surface area contributed by atoms with Crippen molar-refractivity contribution in [3.05, 3.63) is 76.1 Å². The second-order valence-electron chi connectivity index (χ2n) is 5.05. The molecule has 0 saturated heterocycles. The van der Waals surface area contributed by atoms with Crippen LogP contribution in [0.1, 0.15) is 11.7 Å². The predicted octanol–water partition coefficient (Wildman–Crippen LogP) is 2.55. The molecule has 1 unspecified atom stereocenters. The van der Waals surface area contributed by atoms with Gasteiger partial charge in [0.2, 0.25) is 0 Å². The zero-order valence-corrected chi connectivity index (χ0v) is 11.7. The number of nitrogens with zero attached hydrogens (tertiary/aromatic N) is 2. The number of hydrogen-bond donors (Lipinski definition) is 1. The van der Waals surface area contributed by atoms with Gasteiger partial charge in [-0.25, -0.2) is 18.2 Å². The summed E-state index contributed by atoms with van der Waals surface area (Å²) in [4.78, 5) is 16.2. The van der Waals surface area contributed by atoms with Crippen molar-refractivity contribution in [1.29, 1.82) is 0 Å². The predicted molar refractivity (Wildman–Crippen MR) is 77.3 cm³/mol. The van der Waals surface area contributed by atoms with E-state index in [2.05, 4.69) is 4.98 Å². The quantitative estimate of drug-likeness (QED) is 0.807. The van der Waals surface area contributed by atoms with Crippen LogP contribution in [0.3, 0.4) is 0 Å². The normalized spacial score (nSPS) is 12.5. The first kappa shape index (κ1) is 15.2. The smallest absolute Gasteiger partial charge is 0.261 e. The standard InChI is InChI=1S/C16H11F3N2O2/c17-9-1-3-11(13(19)5-9)15(22)7-21-8-20-14-6-10(18)2-4-12(14)16(21)23/h1-6,8,15,22H,7H2. The Morgan fingerprint density at radius 3 is 2.52 bits per heavy atom. The minimum absolute atomic E-state index is 0.127. The first-order chi connectivity index (χ1) is 11.0. The van der Waals surface area contributed by atoms with Gasteiger partial charge in [-0.1, -0.05) is 6.07 Å². The minimum atomic E-state index is -1.35. The highest BCUT2D eigenvalue weighted by molar-refractivity contribution is 5.77. The summed E-state index contributed by atoms with van der Waals surface area (Å²) < 4.78 is 40.8. The van der Waals surface area contributed by atoms with Crippen molar-refractivity contribution >= 4 is 10.9 Å². The van der Waals surface area contributed by atoms with Crippen molar-refractivity contribution in [2.75, 3.05) is 0 Å². The van der Waals surface area contributed by atoms with E-state index < -0.39 is 29.1 Å². The maximum absolute atomic E-state index is 13.7. The number of benzene rings is 2. The molecule has 1 heterocycles. The van der Waals surface area contributed by atoms with Crippen molar-refractivity contribution in [2.24, 2.45) is 0 Å². The summed E-state index contributed by atoms with van der Waals surface area (Å²) in [5.41, 5.74) is -0.428. The Hall–Kier alpha value is -2.67. The summed E-state index contributed by atoms with van der Waals surface area (Å²) >= 11 is 0. The van der Waals surface area contributed by atoms with Crippen molar-refractivity contribution < 1.29 is 18.3 Å². The molecule has 0 aliphatic heterocycles. The van der Waals surface area contributed by atoms with E-state index >= 15 is 0 Å². The Morgan fingerprint density at radius 1 is 1.09 bits per heavy atom. The highest BCUT2D eigenvalue weighted by atomic mass is 19.1. The molecular weight excluding hydrogens is 309 g/mol. The van der Waals surface area contributed by atoms with Crippen LogP contribution in [0.2, 0.25) is 0 Å². The fourth-order valence-electron chi connectivity index (χ4n) is 2.32. The van der Waals surface area contributed by atoms with E-state index in [1.54, 1.807) is 0 Å². The minimum Gasteiger partial charge on any atom is -0.386 e. The van der Waals surface area contributed by atoms with Crippen molar-refractivity contribution in [2.45, 2.75) is 12.6 Å². The fraction of sp³-hybridized carbons (Fsp3) is 0.125. The Bertz CT molecular complexity index is 940. The summed E-state index contributed by atoms with van der Waals surface area (Å²) in [6.45, 7) is -0.262. The molecule has 0 aliphatic carbocycles. The molecule has 3 rings (SSSR count). The van der Waals surface area contributed by atoms with Crippen LogP contribution in [0.4, 0.5) is 13.2 Å². The Balaban J connectivity index is 1.96. The number of aliphatic hydroxyl groups is 1.